The zero-order valence-electron chi connectivity index (χ0n) is 17.2. The van der Waals surface area contributed by atoms with Crippen LogP contribution in [-0.2, 0) is 13.1 Å². The Morgan fingerprint density at radius 3 is 2.38 bits per heavy atom. The van der Waals surface area contributed by atoms with Gasteiger partial charge in [0.2, 0.25) is 11.7 Å². The molecular formula is C23H28N4O2. The molecule has 0 unspecified atom stereocenters. The highest BCUT2D eigenvalue weighted by Gasteiger charge is 2.19. The number of nitrogens with zero attached hydrogens (tertiary/aromatic N) is 4. The smallest absolute Gasteiger partial charge is 0.241 e. The molecule has 1 aromatic heterocycles. The zero-order chi connectivity index (χ0) is 20.1. The van der Waals surface area contributed by atoms with Crippen LogP contribution in [0.2, 0.25) is 0 Å². The molecule has 152 valence electrons. The molecule has 1 aliphatic rings. The Hall–Kier alpha value is -2.70. The highest BCUT2D eigenvalue weighted by Crippen LogP contribution is 2.18. The fourth-order valence-electron chi connectivity index (χ4n) is 3.63. The summed E-state index contributed by atoms with van der Waals surface area (Å²) in [5, 5.41) is 4.15. The number of benzene rings is 2. The first-order chi connectivity index (χ1) is 14.2. The summed E-state index contributed by atoms with van der Waals surface area (Å²) < 4.78 is 11.0. The number of ether oxygens (including phenoxy) is 1. The molecule has 2 heterocycles. The van der Waals surface area contributed by atoms with Gasteiger partial charge in [-0.05, 0) is 37.6 Å². The van der Waals surface area contributed by atoms with Crippen molar-refractivity contribution < 1.29 is 9.26 Å². The van der Waals surface area contributed by atoms with Crippen LogP contribution in [0.1, 0.15) is 23.9 Å². The van der Waals surface area contributed by atoms with E-state index < -0.39 is 0 Å². The maximum Gasteiger partial charge on any atom is 0.241 e. The van der Waals surface area contributed by atoms with Crippen LogP contribution in [0.4, 0.5) is 0 Å². The fourth-order valence-corrected chi connectivity index (χ4v) is 3.63. The van der Waals surface area contributed by atoms with Gasteiger partial charge in [-0.25, -0.2) is 0 Å². The van der Waals surface area contributed by atoms with Gasteiger partial charge in [0, 0.05) is 38.3 Å². The van der Waals surface area contributed by atoms with Gasteiger partial charge in [-0.3, -0.25) is 9.80 Å². The molecule has 1 saturated heterocycles. The summed E-state index contributed by atoms with van der Waals surface area (Å²) in [6, 6.07) is 16.6. The highest BCUT2D eigenvalue weighted by molar-refractivity contribution is 5.55. The molecule has 0 aliphatic carbocycles. The third-order valence-electron chi connectivity index (χ3n) is 5.21. The van der Waals surface area contributed by atoms with Crippen molar-refractivity contribution in [3.8, 4) is 17.1 Å². The van der Waals surface area contributed by atoms with Crippen LogP contribution < -0.4 is 4.74 Å². The third kappa shape index (κ3) is 5.22. The number of aryl methyl sites for hydroxylation is 1. The van der Waals surface area contributed by atoms with Gasteiger partial charge in [0.05, 0.1) is 13.2 Å². The summed E-state index contributed by atoms with van der Waals surface area (Å²) in [6.07, 6.45) is 0. The van der Waals surface area contributed by atoms with Gasteiger partial charge in [-0.2, -0.15) is 4.98 Å². The normalized spacial score (nSPS) is 15.5. The molecule has 1 fully saturated rings. The van der Waals surface area contributed by atoms with Crippen LogP contribution >= 0.6 is 0 Å². The minimum Gasteiger partial charge on any atom is -0.494 e. The highest BCUT2D eigenvalue weighted by atomic mass is 16.5. The van der Waals surface area contributed by atoms with Crippen molar-refractivity contribution in [1.29, 1.82) is 0 Å². The van der Waals surface area contributed by atoms with E-state index >= 15 is 0 Å². The maximum absolute atomic E-state index is 5.52. The summed E-state index contributed by atoms with van der Waals surface area (Å²) in [5.41, 5.74) is 3.51. The van der Waals surface area contributed by atoms with Crippen LogP contribution in [0.3, 0.4) is 0 Å². The van der Waals surface area contributed by atoms with Crippen molar-refractivity contribution in [1.82, 2.24) is 19.9 Å². The largest absolute Gasteiger partial charge is 0.494 e. The summed E-state index contributed by atoms with van der Waals surface area (Å²) in [7, 11) is 0. The lowest BCUT2D eigenvalue weighted by Crippen LogP contribution is -2.45. The molecule has 0 saturated carbocycles. The van der Waals surface area contributed by atoms with Crippen molar-refractivity contribution in [2.45, 2.75) is 26.9 Å². The average Bonchev–Trinajstić information content (AvgIpc) is 3.20. The van der Waals surface area contributed by atoms with Crippen LogP contribution in [0.25, 0.3) is 11.4 Å². The molecule has 0 bridgehead atoms. The topological polar surface area (TPSA) is 54.6 Å². The SMILES string of the molecule is CCOc1ccc(CN2CCN(Cc3nc(-c4cccc(C)c4)no3)CC2)cc1. The molecule has 0 amide bonds. The maximum atomic E-state index is 5.52. The predicted molar refractivity (Wildman–Crippen MR) is 113 cm³/mol. The number of piperazine rings is 1. The molecule has 0 spiro atoms. The van der Waals surface area contributed by atoms with E-state index in [9.17, 15) is 0 Å². The monoisotopic (exact) mass is 392 g/mol. The van der Waals surface area contributed by atoms with E-state index in [0.29, 0.717) is 24.9 Å². The van der Waals surface area contributed by atoms with Crippen molar-refractivity contribution in [3.63, 3.8) is 0 Å². The molecular weight excluding hydrogens is 364 g/mol. The van der Waals surface area contributed by atoms with E-state index in [-0.39, 0.29) is 0 Å². The standard InChI is InChI=1S/C23H28N4O2/c1-3-28-21-9-7-19(8-10-21)16-26-11-13-27(14-12-26)17-22-24-23(25-29-22)20-6-4-5-18(2)15-20/h4-10,15H,3,11-14,16-17H2,1-2H3. The summed E-state index contributed by atoms with van der Waals surface area (Å²) >= 11 is 0. The van der Waals surface area contributed by atoms with E-state index in [2.05, 4.69) is 63.3 Å². The summed E-state index contributed by atoms with van der Waals surface area (Å²) in [5.74, 6) is 2.28. The molecule has 2 aromatic carbocycles. The van der Waals surface area contributed by atoms with Crippen LogP contribution in [0.15, 0.2) is 53.1 Å². The Labute approximate surface area is 172 Å². The van der Waals surface area contributed by atoms with Crippen molar-refractivity contribution >= 4 is 0 Å². The summed E-state index contributed by atoms with van der Waals surface area (Å²) in [6.45, 7) is 10.5. The van der Waals surface area contributed by atoms with E-state index in [1.54, 1.807) is 0 Å². The molecule has 6 nitrogen and oxygen atoms in total. The van der Waals surface area contributed by atoms with E-state index in [0.717, 1.165) is 44.0 Å². The van der Waals surface area contributed by atoms with Gasteiger partial charge in [-0.1, -0.05) is 41.1 Å². The van der Waals surface area contributed by atoms with Crippen LogP contribution in [0, 0.1) is 6.92 Å². The number of aromatic nitrogens is 2. The summed E-state index contributed by atoms with van der Waals surface area (Å²) in [4.78, 5) is 9.44. The van der Waals surface area contributed by atoms with Gasteiger partial charge in [0.25, 0.3) is 0 Å². The molecule has 3 aromatic rings. The van der Waals surface area contributed by atoms with Gasteiger partial charge in [-0.15, -0.1) is 0 Å². The van der Waals surface area contributed by atoms with E-state index in [4.69, 9.17) is 9.26 Å². The van der Waals surface area contributed by atoms with Gasteiger partial charge >= 0.3 is 0 Å². The molecule has 4 rings (SSSR count). The Bertz CT molecular complexity index is 915. The number of rotatable bonds is 7. The number of hydrogen-bond acceptors (Lipinski definition) is 6. The quantitative estimate of drug-likeness (QED) is 0.610. The van der Waals surface area contributed by atoms with Gasteiger partial charge < -0.3 is 9.26 Å². The van der Waals surface area contributed by atoms with E-state index in [1.807, 2.05) is 19.1 Å². The lowest BCUT2D eigenvalue weighted by atomic mass is 10.1. The Balaban J connectivity index is 1.27. The van der Waals surface area contributed by atoms with Crippen molar-refractivity contribution in [3.05, 3.63) is 65.5 Å². The van der Waals surface area contributed by atoms with Crippen molar-refractivity contribution in [2.24, 2.45) is 0 Å². The molecule has 6 heteroatoms. The molecule has 1 aliphatic heterocycles. The Morgan fingerprint density at radius 1 is 0.966 bits per heavy atom. The second-order valence-corrected chi connectivity index (χ2v) is 7.51. The molecule has 0 radical (unpaired) electrons. The first kappa shape index (κ1) is 19.6. The van der Waals surface area contributed by atoms with Gasteiger partial charge in [0.1, 0.15) is 5.75 Å². The second kappa shape index (κ2) is 9.20. The minimum absolute atomic E-state index is 0.665. The van der Waals surface area contributed by atoms with E-state index in [1.165, 1.54) is 11.1 Å². The number of hydrogen-bond donors (Lipinski definition) is 0. The third-order valence-corrected chi connectivity index (χ3v) is 5.21. The zero-order valence-corrected chi connectivity index (χ0v) is 17.2. The molecule has 0 atom stereocenters. The first-order valence-corrected chi connectivity index (χ1v) is 10.3. The lowest BCUT2D eigenvalue weighted by Gasteiger charge is -2.33. The van der Waals surface area contributed by atoms with Crippen LogP contribution in [-0.4, -0.2) is 52.7 Å². The molecule has 0 N–H and O–H groups in total. The van der Waals surface area contributed by atoms with Crippen LogP contribution in [0.5, 0.6) is 5.75 Å². The van der Waals surface area contributed by atoms with Crippen molar-refractivity contribution in [2.75, 3.05) is 32.8 Å². The average molecular weight is 393 g/mol. The predicted octanol–water partition coefficient (Wildman–Crippen LogP) is 3.76. The minimum atomic E-state index is 0.665. The lowest BCUT2D eigenvalue weighted by molar-refractivity contribution is 0.112. The first-order valence-electron chi connectivity index (χ1n) is 10.3. The second-order valence-electron chi connectivity index (χ2n) is 7.51. The molecule has 29 heavy (non-hydrogen) atoms. The fraction of sp³-hybridized carbons (Fsp3) is 0.391. The Morgan fingerprint density at radius 2 is 1.69 bits per heavy atom. The Kier molecular flexibility index (Phi) is 6.22. The van der Waals surface area contributed by atoms with Gasteiger partial charge in [0.15, 0.2) is 0 Å².